The van der Waals surface area contributed by atoms with E-state index in [1.165, 1.54) is 5.56 Å². The minimum Gasteiger partial charge on any atom is -0.493 e. The van der Waals surface area contributed by atoms with E-state index >= 15 is 0 Å². The van der Waals surface area contributed by atoms with E-state index in [-0.39, 0.29) is 12.0 Å². The van der Waals surface area contributed by atoms with Crippen molar-refractivity contribution in [2.45, 2.75) is 38.7 Å². The molecule has 142 valence electrons. The van der Waals surface area contributed by atoms with Gasteiger partial charge < -0.3 is 14.4 Å². The number of ether oxygens (including phenoxy) is 2. The summed E-state index contributed by atoms with van der Waals surface area (Å²) in [5.74, 6) is 1.07. The number of piperidine rings is 1. The average Bonchev–Trinajstić information content (AvgIpc) is 3.20. The van der Waals surface area contributed by atoms with Crippen LogP contribution in [0.2, 0.25) is 0 Å². The first-order valence-electron chi connectivity index (χ1n) is 10.0. The highest BCUT2D eigenvalue weighted by Gasteiger charge is 2.25. The van der Waals surface area contributed by atoms with Gasteiger partial charge in [-0.25, -0.2) is 0 Å². The van der Waals surface area contributed by atoms with Crippen LogP contribution in [0.15, 0.2) is 42.5 Å². The Bertz CT molecular complexity index is 817. The topological polar surface area (TPSA) is 38.8 Å². The van der Waals surface area contributed by atoms with Gasteiger partial charge in [0.1, 0.15) is 5.75 Å². The quantitative estimate of drug-likeness (QED) is 0.792. The molecule has 0 aliphatic carbocycles. The second-order valence-corrected chi connectivity index (χ2v) is 7.39. The number of hydrogen-bond acceptors (Lipinski definition) is 3. The van der Waals surface area contributed by atoms with Gasteiger partial charge in [0.05, 0.1) is 12.7 Å². The van der Waals surface area contributed by atoms with Crippen LogP contribution in [0.25, 0.3) is 11.1 Å². The number of carbonyl (C=O) groups is 1. The number of nitrogens with zero attached hydrogens (tertiary/aromatic N) is 1. The van der Waals surface area contributed by atoms with Crippen molar-refractivity contribution in [3.8, 4) is 16.9 Å². The van der Waals surface area contributed by atoms with Crippen LogP contribution in [0.4, 0.5) is 0 Å². The lowest BCUT2D eigenvalue weighted by Crippen LogP contribution is -2.43. The molecule has 0 bridgehead atoms. The van der Waals surface area contributed by atoms with Gasteiger partial charge in [-0.05, 0) is 54.2 Å². The second kappa shape index (κ2) is 8.13. The third kappa shape index (κ3) is 4.01. The maximum absolute atomic E-state index is 13.0. The Labute approximate surface area is 161 Å². The molecule has 2 heterocycles. The molecule has 1 saturated heterocycles. The van der Waals surface area contributed by atoms with Gasteiger partial charge in [-0.3, -0.25) is 4.79 Å². The molecule has 0 unspecified atom stereocenters. The number of carbonyl (C=O) groups excluding carboxylic acids is 1. The van der Waals surface area contributed by atoms with Crippen LogP contribution in [-0.2, 0) is 11.2 Å². The van der Waals surface area contributed by atoms with Crippen molar-refractivity contribution >= 4 is 5.91 Å². The van der Waals surface area contributed by atoms with Crippen LogP contribution < -0.4 is 4.74 Å². The van der Waals surface area contributed by atoms with E-state index in [1.54, 1.807) is 0 Å². The molecule has 27 heavy (non-hydrogen) atoms. The van der Waals surface area contributed by atoms with E-state index in [0.717, 1.165) is 67.9 Å². The van der Waals surface area contributed by atoms with Gasteiger partial charge in [0.15, 0.2) is 0 Å². The Hall–Kier alpha value is -2.33. The Kier molecular flexibility index (Phi) is 5.44. The Balaban J connectivity index is 1.51. The summed E-state index contributed by atoms with van der Waals surface area (Å²) >= 11 is 0. The van der Waals surface area contributed by atoms with Crippen molar-refractivity contribution in [1.29, 1.82) is 0 Å². The number of fused-ring (bicyclic) bond motifs is 1. The number of amides is 1. The molecule has 0 aromatic heterocycles. The molecular formula is C23H27NO3. The van der Waals surface area contributed by atoms with E-state index < -0.39 is 0 Å². The molecule has 0 saturated carbocycles. The molecule has 0 radical (unpaired) electrons. The first kappa shape index (κ1) is 18.1. The molecule has 1 fully saturated rings. The van der Waals surface area contributed by atoms with Gasteiger partial charge in [-0.1, -0.05) is 31.2 Å². The number of rotatable bonds is 5. The first-order chi connectivity index (χ1) is 13.2. The zero-order chi connectivity index (χ0) is 18.6. The number of likely N-dealkylation sites (tertiary alicyclic amines) is 1. The molecule has 2 aromatic rings. The SMILES string of the molecule is CCCO[C@H]1CCCN(C(=O)c2cccc(-c3ccc4c(c3)OCC4)c2)C1. The lowest BCUT2D eigenvalue weighted by atomic mass is 10.00. The first-order valence-corrected chi connectivity index (χ1v) is 10.0. The smallest absolute Gasteiger partial charge is 0.253 e. The lowest BCUT2D eigenvalue weighted by Gasteiger charge is -2.32. The summed E-state index contributed by atoms with van der Waals surface area (Å²) in [6, 6.07) is 14.3. The van der Waals surface area contributed by atoms with Crippen molar-refractivity contribution < 1.29 is 14.3 Å². The van der Waals surface area contributed by atoms with E-state index in [0.29, 0.717) is 6.54 Å². The lowest BCUT2D eigenvalue weighted by molar-refractivity contribution is 0.00211. The molecule has 2 aromatic carbocycles. The maximum atomic E-state index is 13.0. The zero-order valence-corrected chi connectivity index (χ0v) is 15.9. The van der Waals surface area contributed by atoms with E-state index in [2.05, 4.69) is 31.2 Å². The van der Waals surface area contributed by atoms with Crippen LogP contribution in [0.5, 0.6) is 5.75 Å². The van der Waals surface area contributed by atoms with Gasteiger partial charge in [0.25, 0.3) is 5.91 Å². The molecule has 1 atom stereocenters. The minimum atomic E-state index is 0.0964. The summed E-state index contributed by atoms with van der Waals surface area (Å²) in [4.78, 5) is 15.0. The molecular weight excluding hydrogens is 338 g/mol. The maximum Gasteiger partial charge on any atom is 0.253 e. The van der Waals surface area contributed by atoms with Crippen LogP contribution in [0.3, 0.4) is 0 Å². The minimum absolute atomic E-state index is 0.0964. The molecule has 2 aliphatic heterocycles. The normalized spacial score (nSPS) is 18.9. The highest BCUT2D eigenvalue weighted by atomic mass is 16.5. The van der Waals surface area contributed by atoms with Crippen LogP contribution >= 0.6 is 0 Å². The largest absolute Gasteiger partial charge is 0.493 e. The third-order valence-electron chi connectivity index (χ3n) is 5.36. The molecule has 0 N–H and O–H groups in total. The van der Waals surface area contributed by atoms with Gasteiger partial charge in [-0.2, -0.15) is 0 Å². The molecule has 4 nitrogen and oxygen atoms in total. The fraction of sp³-hybridized carbons (Fsp3) is 0.435. The van der Waals surface area contributed by atoms with Gasteiger partial charge in [0.2, 0.25) is 0 Å². The van der Waals surface area contributed by atoms with Crippen molar-refractivity contribution in [3.05, 3.63) is 53.6 Å². The molecule has 4 rings (SSSR count). The van der Waals surface area contributed by atoms with Crippen molar-refractivity contribution in [2.75, 3.05) is 26.3 Å². The monoisotopic (exact) mass is 365 g/mol. The highest BCUT2D eigenvalue weighted by Crippen LogP contribution is 2.31. The van der Waals surface area contributed by atoms with Crippen molar-refractivity contribution in [3.63, 3.8) is 0 Å². The highest BCUT2D eigenvalue weighted by molar-refractivity contribution is 5.95. The van der Waals surface area contributed by atoms with Crippen LogP contribution in [0, 0.1) is 0 Å². The standard InChI is InChI=1S/C23H27NO3/c1-2-12-26-21-7-4-11-24(16-21)23(25)20-6-3-5-18(14-20)19-9-8-17-10-13-27-22(17)15-19/h3,5-6,8-9,14-15,21H,2,4,7,10-13,16H2,1H3/t21-/m0/s1. The molecule has 2 aliphatic rings. The summed E-state index contributed by atoms with van der Waals surface area (Å²) < 4.78 is 11.6. The van der Waals surface area contributed by atoms with Crippen LogP contribution in [-0.4, -0.2) is 43.2 Å². The number of benzene rings is 2. The predicted octanol–water partition coefficient (Wildman–Crippen LogP) is 4.32. The van der Waals surface area contributed by atoms with Gasteiger partial charge in [0, 0.05) is 31.7 Å². The van der Waals surface area contributed by atoms with Crippen molar-refractivity contribution in [1.82, 2.24) is 4.90 Å². The van der Waals surface area contributed by atoms with Gasteiger partial charge in [-0.15, -0.1) is 0 Å². The van der Waals surface area contributed by atoms with E-state index in [4.69, 9.17) is 9.47 Å². The Morgan fingerprint density at radius 2 is 2.11 bits per heavy atom. The van der Waals surface area contributed by atoms with E-state index in [1.807, 2.05) is 23.1 Å². The molecule has 4 heteroatoms. The predicted molar refractivity (Wildman–Crippen MR) is 106 cm³/mol. The fourth-order valence-electron chi connectivity index (χ4n) is 3.90. The summed E-state index contributed by atoms with van der Waals surface area (Å²) in [5.41, 5.74) is 4.14. The second-order valence-electron chi connectivity index (χ2n) is 7.39. The summed E-state index contributed by atoms with van der Waals surface area (Å²) in [7, 11) is 0. The summed E-state index contributed by atoms with van der Waals surface area (Å²) in [5, 5.41) is 0. The van der Waals surface area contributed by atoms with E-state index in [9.17, 15) is 4.79 Å². The van der Waals surface area contributed by atoms with Crippen molar-refractivity contribution in [2.24, 2.45) is 0 Å². The number of hydrogen-bond donors (Lipinski definition) is 0. The Morgan fingerprint density at radius 3 is 3.00 bits per heavy atom. The zero-order valence-electron chi connectivity index (χ0n) is 15.9. The summed E-state index contributed by atoms with van der Waals surface area (Å²) in [6.07, 6.45) is 4.20. The fourth-order valence-corrected chi connectivity index (χ4v) is 3.90. The molecule has 0 spiro atoms. The molecule has 1 amide bonds. The Morgan fingerprint density at radius 1 is 1.22 bits per heavy atom. The van der Waals surface area contributed by atoms with Crippen LogP contribution in [0.1, 0.15) is 42.1 Å². The van der Waals surface area contributed by atoms with Gasteiger partial charge >= 0.3 is 0 Å². The summed E-state index contributed by atoms with van der Waals surface area (Å²) in [6.45, 7) is 5.13. The average molecular weight is 365 g/mol. The third-order valence-corrected chi connectivity index (χ3v) is 5.36.